The van der Waals surface area contributed by atoms with E-state index in [2.05, 4.69) is 24.1 Å². The average Bonchev–Trinajstić information content (AvgIpc) is 2.67. The zero-order chi connectivity index (χ0) is 19.4. The van der Waals surface area contributed by atoms with Crippen molar-refractivity contribution in [2.75, 3.05) is 18.4 Å². The third kappa shape index (κ3) is 4.73. The van der Waals surface area contributed by atoms with Crippen LogP contribution in [-0.4, -0.2) is 34.8 Å². The van der Waals surface area contributed by atoms with Gasteiger partial charge in [0.2, 0.25) is 5.91 Å². The molecular weight excluding hydrogens is 338 g/mol. The molecule has 1 aliphatic heterocycles. The number of amides is 2. The van der Waals surface area contributed by atoms with Gasteiger partial charge in [-0.25, -0.2) is 4.98 Å². The highest BCUT2D eigenvalue weighted by atomic mass is 16.2. The Bertz CT molecular complexity index is 815. The van der Waals surface area contributed by atoms with Gasteiger partial charge in [0.05, 0.1) is 5.92 Å². The van der Waals surface area contributed by atoms with Crippen LogP contribution in [0.25, 0.3) is 0 Å². The number of rotatable bonds is 4. The summed E-state index contributed by atoms with van der Waals surface area (Å²) in [6, 6.07) is 13.3. The van der Waals surface area contributed by atoms with E-state index in [0.29, 0.717) is 30.4 Å². The quantitative estimate of drug-likeness (QED) is 0.891. The van der Waals surface area contributed by atoms with E-state index in [0.717, 1.165) is 18.5 Å². The number of nitrogens with one attached hydrogen (secondary N) is 1. The van der Waals surface area contributed by atoms with Crippen LogP contribution in [0.4, 0.5) is 5.82 Å². The van der Waals surface area contributed by atoms with Crippen LogP contribution < -0.4 is 5.32 Å². The number of hydrogen-bond donors (Lipinski definition) is 1. The lowest BCUT2D eigenvalue weighted by molar-refractivity contribution is -0.121. The molecule has 1 unspecified atom stereocenters. The highest BCUT2D eigenvalue weighted by molar-refractivity contribution is 5.96. The van der Waals surface area contributed by atoms with Crippen molar-refractivity contribution in [2.24, 2.45) is 5.92 Å². The van der Waals surface area contributed by atoms with Crippen LogP contribution in [-0.2, 0) is 4.79 Å². The molecule has 0 bridgehead atoms. The normalized spacial score (nSPS) is 17.0. The maximum atomic E-state index is 12.8. The first-order valence-corrected chi connectivity index (χ1v) is 9.58. The van der Waals surface area contributed by atoms with Crippen LogP contribution in [0.2, 0.25) is 0 Å². The van der Waals surface area contributed by atoms with E-state index in [1.165, 1.54) is 5.56 Å². The molecule has 2 amide bonds. The van der Waals surface area contributed by atoms with Gasteiger partial charge in [0, 0.05) is 24.3 Å². The zero-order valence-electron chi connectivity index (χ0n) is 16.2. The number of piperidine rings is 1. The maximum Gasteiger partial charge on any atom is 0.253 e. The van der Waals surface area contributed by atoms with Crippen LogP contribution >= 0.6 is 0 Å². The lowest BCUT2D eigenvalue weighted by atomic mass is 9.96. The third-order valence-corrected chi connectivity index (χ3v) is 5.04. The minimum Gasteiger partial charge on any atom is -0.338 e. The van der Waals surface area contributed by atoms with Crippen LogP contribution in [0.3, 0.4) is 0 Å². The first-order chi connectivity index (χ1) is 12.9. The molecule has 0 saturated carbocycles. The Hall–Kier alpha value is -2.69. The largest absolute Gasteiger partial charge is 0.338 e. The second-order valence-corrected chi connectivity index (χ2v) is 7.52. The van der Waals surface area contributed by atoms with Gasteiger partial charge in [-0.15, -0.1) is 0 Å². The summed E-state index contributed by atoms with van der Waals surface area (Å²) in [5.41, 5.74) is 2.76. The van der Waals surface area contributed by atoms with Crippen molar-refractivity contribution in [3.05, 3.63) is 59.3 Å². The molecule has 3 rings (SSSR count). The molecule has 142 valence electrons. The smallest absolute Gasteiger partial charge is 0.253 e. The van der Waals surface area contributed by atoms with Gasteiger partial charge in [-0.1, -0.05) is 32.0 Å². The molecule has 2 aromatic rings. The fourth-order valence-corrected chi connectivity index (χ4v) is 3.41. The summed E-state index contributed by atoms with van der Waals surface area (Å²) in [5, 5.41) is 2.88. The molecule has 5 heteroatoms. The molecule has 1 fully saturated rings. The first kappa shape index (κ1) is 19.1. The van der Waals surface area contributed by atoms with Gasteiger partial charge < -0.3 is 10.2 Å². The lowest BCUT2D eigenvalue weighted by Gasteiger charge is -2.32. The molecule has 1 aromatic carbocycles. The Morgan fingerprint density at radius 2 is 1.89 bits per heavy atom. The summed E-state index contributed by atoms with van der Waals surface area (Å²) in [7, 11) is 0. The number of aryl methyl sites for hydroxylation is 1. The van der Waals surface area contributed by atoms with Crippen molar-refractivity contribution < 1.29 is 9.59 Å². The number of pyridine rings is 1. The Morgan fingerprint density at radius 1 is 1.15 bits per heavy atom. The van der Waals surface area contributed by atoms with Crippen molar-refractivity contribution in [3.8, 4) is 0 Å². The highest BCUT2D eigenvalue weighted by Gasteiger charge is 2.29. The summed E-state index contributed by atoms with van der Waals surface area (Å²) in [5.74, 6) is 0.720. The molecule has 1 aromatic heterocycles. The molecule has 5 nitrogen and oxygen atoms in total. The lowest BCUT2D eigenvalue weighted by Crippen LogP contribution is -2.43. The van der Waals surface area contributed by atoms with E-state index in [-0.39, 0.29) is 17.7 Å². The number of hydrogen-bond acceptors (Lipinski definition) is 3. The second-order valence-electron chi connectivity index (χ2n) is 7.52. The van der Waals surface area contributed by atoms with E-state index in [4.69, 9.17) is 0 Å². The van der Waals surface area contributed by atoms with Gasteiger partial charge in [-0.3, -0.25) is 9.59 Å². The van der Waals surface area contributed by atoms with E-state index in [9.17, 15) is 9.59 Å². The molecular formula is C22H27N3O2. The SMILES string of the molecule is Cc1cccc(NC(=O)C2CCCN(C(=O)c3ccc(C(C)C)cc3)C2)n1. The Kier molecular flexibility index (Phi) is 5.89. The van der Waals surface area contributed by atoms with E-state index in [1.54, 1.807) is 11.0 Å². The number of nitrogens with zero attached hydrogens (tertiary/aromatic N) is 2. The molecule has 1 saturated heterocycles. The molecule has 1 aliphatic rings. The number of carbonyl (C=O) groups is 2. The summed E-state index contributed by atoms with van der Waals surface area (Å²) < 4.78 is 0. The van der Waals surface area contributed by atoms with Crippen LogP contribution in [0.1, 0.15) is 54.2 Å². The predicted octanol–water partition coefficient (Wildman–Crippen LogP) is 4.00. The van der Waals surface area contributed by atoms with Crippen molar-refractivity contribution >= 4 is 17.6 Å². The number of likely N-dealkylation sites (tertiary alicyclic amines) is 1. The van der Waals surface area contributed by atoms with E-state index < -0.39 is 0 Å². The van der Waals surface area contributed by atoms with Crippen LogP contribution in [0, 0.1) is 12.8 Å². The second kappa shape index (κ2) is 8.33. The Balaban J connectivity index is 1.64. The predicted molar refractivity (Wildman–Crippen MR) is 107 cm³/mol. The molecule has 27 heavy (non-hydrogen) atoms. The molecule has 0 radical (unpaired) electrons. The van der Waals surface area contributed by atoms with Crippen molar-refractivity contribution in [3.63, 3.8) is 0 Å². The van der Waals surface area contributed by atoms with Crippen molar-refractivity contribution in [1.29, 1.82) is 0 Å². The topological polar surface area (TPSA) is 62.3 Å². The molecule has 0 aliphatic carbocycles. The fourth-order valence-electron chi connectivity index (χ4n) is 3.41. The first-order valence-electron chi connectivity index (χ1n) is 9.58. The molecule has 2 heterocycles. The van der Waals surface area contributed by atoms with Crippen LogP contribution in [0.5, 0.6) is 0 Å². The molecule has 0 spiro atoms. The van der Waals surface area contributed by atoms with Gasteiger partial charge in [-0.2, -0.15) is 0 Å². The zero-order valence-corrected chi connectivity index (χ0v) is 16.2. The van der Waals surface area contributed by atoms with Gasteiger partial charge in [0.1, 0.15) is 5.82 Å². The summed E-state index contributed by atoms with van der Waals surface area (Å²) in [6.07, 6.45) is 1.61. The van der Waals surface area contributed by atoms with E-state index >= 15 is 0 Å². The Morgan fingerprint density at radius 3 is 2.56 bits per heavy atom. The number of aromatic nitrogens is 1. The minimum atomic E-state index is -0.208. The maximum absolute atomic E-state index is 12.8. The third-order valence-electron chi connectivity index (χ3n) is 5.04. The molecule has 1 N–H and O–H groups in total. The van der Waals surface area contributed by atoms with Crippen molar-refractivity contribution in [1.82, 2.24) is 9.88 Å². The van der Waals surface area contributed by atoms with E-state index in [1.807, 2.05) is 43.3 Å². The summed E-state index contributed by atoms with van der Waals surface area (Å²) >= 11 is 0. The van der Waals surface area contributed by atoms with Gasteiger partial charge in [0.15, 0.2) is 0 Å². The summed E-state index contributed by atoms with van der Waals surface area (Å²) in [6.45, 7) is 7.29. The van der Waals surface area contributed by atoms with Gasteiger partial charge in [0.25, 0.3) is 5.91 Å². The van der Waals surface area contributed by atoms with Crippen LogP contribution in [0.15, 0.2) is 42.5 Å². The van der Waals surface area contributed by atoms with Gasteiger partial charge in [-0.05, 0) is 55.5 Å². The standard InChI is InChI=1S/C22H27N3O2/c1-15(2)17-9-11-18(12-10-17)22(27)25-13-5-7-19(14-25)21(26)24-20-8-4-6-16(3)23-20/h4,6,8-12,15,19H,5,7,13-14H2,1-3H3,(H,23,24,26). The van der Waals surface area contributed by atoms with Crippen molar-refractivity contribution in [2.45, 2.75) is 39.5 Å². The van der Waals surface area contributed by atoms with Gasteiger partial charge >= 0.3 is 0 Å². The average molecular weight is 365 g/mol. The monoisotopic (exact) mass is 365 g/mol. The Labute approximate surface area is 160 Å². The number of benzene rings is 1. The number of anilines is 1. The summed E-state index contributed by atoms with van der Waals surface area (Å²) in [4.78, 5) is 31.6. The number of carbonyl (C=O) groups excluding carboxylic acids is 2. The molecule has 1 atom stereocenters. The highest BCUT2D eigenvalue weighted by Crippen LogP contribution is 2.21. The fraction of sp³-hybridized carbons (Fsp3) is 0.409. The minimum absolute atomic E-state index is 0.00325.